The first-order valence-electron chi connectivity index (χ1n) is 9.41. The van der Waals surface area contributed by atoms with Crippen molar-refractivity contribution in [2.45, 2.75) is 49.7 Å². The Bertz CT molecular complexity index is 693. The Morgan fingerprint density at radius 3 is 2.41 bits per heavy atom. The molecule has 3 aliphatic rings. The summed E-state index contributed by atoms with van der Waals surface area (Å²) in [5, 5.41) is 9.36. The number of carbonyl (C=O) groups excluding carboxylic acids is 1. The average Bonchev–Trinajstić information content (AvgIpc) is 3.32. The van der Waals surface area contributed by atoms with Gasteiger partial charge >= 0.3 is 6.18 Å². The Labute approximate surface area is 155 Å². The monoisotopic (exact) mass is 385 g/mol. The first-order chi connectivity index (χ1) is 12.8. The van der Waals surface area contributed by atoms with Gasteiger partial charge in [0.2, 0.25) is 5.91 Å². The van der Waals surface area contributed by atoms with Crippen LogP contribution < -0.4 is 16.0 Å². The number of halogens is 4. The maximum absolute atomic E-state index is 13.3. The van der Waals surface area contributed by atoms with Crippen molar-refractivity contribution in [3.8, 4) is 0 Å². The molecule has 2 heterocycles. The van der Waals surface area contributed by atoms with E-state index in [4.69, 9.17) is 0 Å². The highest BCUT2D eigenvalue weighted by atomic mass is 19.4. The van der Waals surface area contributed by atoms with Crippen LogP contribution in [0.15, 0.2) is 24.3 Å². The van der Waals surface area contributed by atoms with Gasteiger partial charge in [-0.2, -0.15) is 13.2 Å². The normalized spacial score (nSPS) is 36.0. The molecule has 4 nitrogen and oxygen atoms in total. The molecule has 8 heteroatoms. The number of fused-ring (bicyclic) bond motifs is 1. The summed E-state index contributed by atoms with van der Waals surface area (Å²) in [6.07, 6.45) is -3.36. The first kappa shape index (κ1) is 18.7. The molecule has 3 fully saturated rings. The quantitative estimate of drug-likeness (QED) is 0.701. The lowest BCUT2D eigenvalue weighted by Crippen LogP contribution is -2.47. The Balaban J connectivity index is 1.39. The van der Waals surface area contributed by atoms with Gasteiger partial charge in [-0.15, -0.1) is 0 Å². The molecule has 0 aromatic heterocycles. The fourth-order valence-corrected chi connectivity index (χ4v) is 4.82. The van der Waals surface area contributed by atoms with E-state index < -0.39 is 24.0 Å². The second-order valence-electron chi connectivity index (χ2n) is 7.82. The lowest BCUT2D eigenvalue weighted by atomic mass is 9.88. The van der Waals surface area contributed by atoms with Crippen molar-refractivity contribution >= 4 is 5.91 Å². The van der Waals surface area contributed by atoms with Gasteiger partial charge in [-0.3, -0.25) is 4.79 Å². The van der Waals surface area contributed by atoms with Crippen LogP contribution in [0.25, 0.3) is 0 Å². The van der Waals surface area contributed by atoms with Gasteiger partial charge in [-0.05, 0) is 42.4 Å². The maximum Gasteiger partial charge on any atom is 0.416 e. The number of hydrogen-bond donors (Lipinski definition) is 3. The molecular weight excluding hydrogens is 362 g/mol. The number of carbonyl (C=O) groups is 1. The van der Waals surface area contributed by atoms with E-state index in [0.717, 1.165) is 30.5 Å². The lowest BCUT2D eigenvalue weighted by Gasteiger charge is -2.22. The van der Waals surface area contributed by atoms with E-state index in [1.807, 2.05) is 0 Å². The highest BCUT2D eigenvalue weighted by Crippen LogP contribution is 2.45. The van der Waals surface area contributed by atoms with Crippen LogP contribution in [0, 0.1) is 11.8 Å². The zero-order chi connectivity index (χ0) is 19.2. The van der Waals surface area contributed by atoms with Crippen molar-refractivity contribution in [2.24, 2.45) is 11.8 Å². The van der Waals surface area contributed by atoms with Crippen LogP contribution in [0.3, 0.4) is 0 Å². The molecule has 4 rings (SSSR count). The summed E-state index contributed by atoms with van der Waals surface area (Å²) in [4.78, 5) is 12.4. The Kier molecular flexibility index (Phi) is 4.88. The molecular formula is C19H23F4N3O. The fraction of sp³-hybridized carbons (Fsp3) is 0.632. The van der Waals surface area contributed by atoms with E-state index in [2.05, 4.69) is 16.0 Å². The molecule has 1 saturated carbocycles. The van der Waals surface area contributed by atoms with Crippen LogP contribution >= 0.6 is 0 Å². The number of rotatable bonds is 3. The van der Waals surface area contributed by atoms with Crippen molar-refractivity contribution in [1.29, 1.82) is 0 Å². The van der Waals surface area contributed by atoms with Crippen molar-refractivity contribution < 1.29 is 22.4 Å². The Morgan fingerprint density at radius 2 is 1.78 bits per heavy atom. The van der Waals surface area contributed by atoms with Crippen LogP contribution in [0.1, 0.15) is 36.4 Å². The largest absolute Gasteiger partial charge is 0.416 e. The standard InChI is InChI=1S/C19H23F4N3O/c20-12-7-16(24-8-12)18(27)26-15-6-5-13-14(15)9-25-17(13)10-1-3-11(4-2-10)19(21,22)23/h1-4,12-17,24-25H,5-9H2,(H,26,27)/t12-,13-,14-,15-,16-,17?/m0/s1. The molecule has 0 radical (unpaired) electrons. The molecule has 1 unspecified atom stereocenters. The van der Waals surface area contributed by atoms with E-state index in [-0.39, 0.29) is 42.8 Å². The maximum atomic E-state index is 13.3. The van der Waals surface area contributed by atoms with Crippen LogP contribution in [0.5, 0.6) is 0 Å². The third-order valence-electron chi connectivity index (χ3n) is 6.20. The van der Waals surface area contributed by atoms with Crippen molar-refractivity contribution in [1.82, 2.24) is 16.0 Å². The molecule has 3 N–H and O–H groups in total. The van der Waals surface area contributed by atoms with E-state index in [1.54, 1.807) is 12.1 Å². The minimum Gasteiger partial charge on any atom is -0.352 e. The molecule has 1 amide bonds. The van der Waals surface area contributed by atoms with Gasteiger partial charge in [0.25, 0.3) is 0 Å². The molecule has 27 heavy (non-hydrogen) atoms. The molecule has 2 aliphatic heterocycles. The van der Waals surface area contributed by atoms with Gasteiger partial charge in [-0.1, -0.05) is 12.1 Å². The predicted octanol–water partition coefficient (Wildman–Crippen LogP) is 2.56. The van der Waals surface area contributed by atoms with E-state index in [0.29, 0.717) is 6.54 Å². The second kappa shape index (κ2) is 7.05. The highest BCUT2D eigenvalue weighted by molar-refractivity contribution is 5.82. The summed E-state index contributed by atoms with van der Waals surface area (Å²) in [5.41, 5.74) is 0.202. The summed E-state index contributed by atoms with van der Waals surface area (Å²) in [5.74, 6) is 0.361. The average molecular weight is 385 g/mol. The summed E-state index contributed by atoms with van der Waals surface area (Å²) in [6.45, 7) is 0.928. The summed E-state index contributed by atoms with van der Waals surface area (Å²) >= 11 is 0. The predicted molar refractivity (Wildman–Crippen MR) is 91.6 cm³/mol. The third kappa shape index (κ3) is 3.69. The molecule has 1 aliphatic carbocycles. The highest BCUT2D eigenvalue weighted by Gasteiger charge is 2.46. The van der Waals surface area contributed by atoms with Crippen molar-refractivity contribution in [3.05, 3.63) is 35.4 Å². The molecule has 0 bridgehead atoms. The summed E-state index contributed by atoms with van der Waals surface area (Å²) in [6, 6.07) is 4.88. The topological polar surface area (TPSA) is 53.2 Å². The van der Waals surface area contributed by atoms with Gasteiger partial charge in [-0.25, -0.2) is 4.39 Å². The van der Waals surface area contributed by atoms with Crippen LogP contribution in [0.4, 0.5) is 17.6 Å². The molecule has 6 atom stereocenters. The third-order valence-corrected chi connectivity index (χ3v) is 6.20. The zero-order valence-corrected chi connectivity index (χ0v) is 14.7. The van der Waals surface area contributed by atoms with Gasteiger partial charge in [0, 0.05) is 31.6 Å². The van der Waals surface area contributed by atoms with Crippen LogP contribution in [-0.4, -0.2) is 37.3 Å². The first-order valence-corrected chi connectivity index (χ1v) is 9.41. The van der Waals surface area contributed by atoms with Gasteiger partial charge in [0.05, 0.1) is 11.6 Å². The summed E-state index contributed by atoms with van der Waals surface area (Å²) in [7, 11) is 0. The van der Waals surface area contributed by atoms with E-state index in [1.165, 1.54) is 0 Å². The fourth-order valence-electron chi connectivity index (χ4n) is 4.82. The van der Waals surface area contributed by atoms with Crippen LogP contribution in [0.2, 0.25) is 0 Å². The van der Waals surface area contributed by atoms with Gasteiger partial charge in [0.15, 0.2) is 0 Å². The van der Waals surface area contributed by atoms with E-state index >= 15 is 0 Å². The Morgan fingerprint density at radius 1 is 1.04 bits per heavy atom. The van der Waals surface area contributed by atoms with E-state index in [9.17, 15) is 22.4 Å². The van der Waals surface area contributed by atoms with Gasteiger partial charge in [0.1, 0.15) is 6.17 Å². The van der Waals surface area contributed by atoms with Crippen LogP contribution in [-0.2, 0) is 11.0 Å². The molecule has 2 saturated heterocycles. The number of hydrogen-bond acceptors (Lipinski definition) is 3. The van der Waals surface area contributed by atoms with Crippen molar-refractivity contribution in [2.75, 3.05) is 13.1 Å². The lowest BCUT2D eigenvalue weighted by molar-refractivity contribution is -0.137. The SMILES string of the molecule is O=C(N[C@H]1CC[C@@H]2C(c3ccc(C(F)(F)F)cc3)NC[C@H]12)[C@@H]1C[C@H](F)CN1. The number of alkyl halides is 4. The molecule has 1 aromatic carbocycles. The molecule has 1 aromatic rings. The zero-order valence-electron chi connectivity index (χ0n) is 14.7. The summed E-state index contributed by atoms with van der Waals surface area (Å²) < 4.78 is 51.5. The Hall–Kier alpha value is -1.67. The number of nitrogens with one attached hydrogen (secondary N) is 3. The minimum atomic E-state index is -4.33. The second-order valence-corrected chi connectivity index (χ2v) is 7.82. The van der Waals surface area contributed by atoms with Gasteiger partial charge < -0.3 is 16.0 Å². The molecule has 0 spiro atoms. The number of benzene rings is 1. The smallest absolute Gasteiger partial charge is 0.352 e. The van der Waals surface area contributed by atoms with Crippen molar-refractivity contribution in [3.63, 3.8) is 0 Å². The number of amides is 1. The molecule has 148 valence electrons. The minimum absolute atomic E-state index is 0.000913.